The van der Waals surface area contributed by atoms with E-state index in [4.69, 9.17) is 28.3 Å². The van der Waals surface area contributed by atoms with E-state index in [1.807, 2.05) is 0 Å². The van der Waals surface area contributed by atoms with Crippen molar-refractivity contribution < 1.29 is 13.2 Å². The molecule has 1 heterocycles. The Morgan fingerprint density at radius 2 is 1.60 bits per heavy atom. The SMILES string of the molecule is NS(=O)(=O)N1CCN(C(=O)c2c(Cl)cccc2Cl)CC1. The highest BCUT2D eigenvalue weighted by atomic mass is 35.5. The maximum atomic E-state index is 12.4. The van der Waals surface area contributed by atoms with E-state index in [0.717, 1.165) is 4.31 Å². The first kappa shape index (κ1) is 15.5. The van der Waals surface area contributed by atoms with E-state index in [0.29, 0.717) is 0 Å². The van der Waals surface area contributed by atoms with Crippen LogP contribution in [-0.4, -0.2) is 49.7 Å². The van der Waals surface area contributed by atoms with E-state index in [1.54, 1.807) is 18.2 Å². The molecule has 6 nitrogen and oxygen atoms in total. The van der Waals surface area contributed by atoms with Crippen molar-refractivity contribution in [1.29, 1.82) is 0 Å². The summed E-state index contributed by atoms with van der Waals surface area (Å²) >= 11 is 12.0. The van der Waals surface area contributed by atoms with Crippen LogP contribution in [0.15, 0.2) is 18.2 Å². The van der Waals surface area contributed by atoms with Gasteiger partial charge in [0.25, 0.3) is 16.1 Å². The third-order valence-corrected chi connectivity index (χ3v) is 4.78. The van der Waals surface area contributed by atoms with Gasteiger partial charge in [-0.3, -0.25) is 4.79 Å². The quantitative estimate of drug-likeness (QED) is 0.872. The van der Waals surface area contributed by atoms with Crippen LogP contribution in [0.25, 0.3) is 0 Å². The van der Waals surface area contributed by atoms with Gasteiger partial charge in [-0.15, -0.1) is 0 Å². The number of benzene rings is 1. The van der Waals surface area contributed by atoms with Gasteiger partial charge in [-0.05, 0) is 12.1 Å². The average Bonchev–Trinajstić information content (AvgIpc) is 2.37. The Kier molecular flexibility index (Phi) is 4.55. The molecule has 0 aromatic heterocycles. The van der Waals surface area contributed by atoms with Gasteiger partial charge in [0.15, 0.2) is 0 Å². The summed E-state index contributed by atoms with van der Waals surface area (Å²) in [5.74, 6) is -0.310. The zero-order valence-electron chi connectivity index (χ0n) is 10.4. The first-order valence-electron chi connectivity index (χ1n) is 5.82. The summed E-state index contributed by atoms with van der Waals surface area (Å²) in [7, 11) is -3.71. The molecule has 1 aromatic carbocycles. The van der Waals surface area contributed by atoms with Crippen LogP contribution < -0.4 is 5.14 Å². The molecule has 1 aliphatic heterocycles. The Morgan fingerprint density at radius 3 is 2.05 bits per heavy atom. The fourth-order valence-electron chi connectivity index (χ4n) is 2.01. The molecule has 0 unspecified atom stereocenters. The van der Waals surface area contributed by atoms with Gasteiger partial charge < -0.3 is 4.90 Å². The van der Waals surface area contributed by atoms with Crippen LogP contribution in [0.3, 0.4) is 0 Å². The molecule has 0 saturated carbocycles. The second-order valence-electron chi connectivity index (χ2n) is 4.33. The van der Waals surface area contributed by atoms with E-state index < -0.39 is 10.2 Å². The van der Waals surface area contributed by atoms with Gasteiger partial charge in [-0.1, -0.05) is 29.3 Å². The van der Waals surface area contributed by atoms with Crippen LogP contribution in [0.5, 0.6) is 0 Å². The molecule has 2 rings (SSSR count). The van der Waals surface area contributed by atoms with Crippen molar-refractivity contribution >= 4 is 39.3 Å². The zero-order valence-corrected chi connectivity index (χ0v) is 12.7. The summed E-state index contributed by atoms with van der Waals surface area (Å²) in [6.45, 7) is 0.812. The summed E-state index contributed by atoms with van der Waals surface area (Å²) in [6, 6.07) is 4.82. The smallest absolute Gasteiger partial charge is 0.277 e. The van der Waals surface area contributed by atoms with Crippen LogP contribution in [0, 0.1) is 0 Å². The van der Waals surface area contributed by atoms with Gasteiger partial charge in [0.05, 0.1) is 15.6 Å². The normalized spacial score (nSPS) is 17.2. The van der Waals surface area contributed by atoms with Crippen molar-refractivity contribution in [3.63, 3.8) is 0 Å². The molecule has 1 aliphatic rings. The number of nitrogens with zero attached hydrogens (tertiary/aromatic N) is 2. The molecule has 1 fully saturated rings. The minimum atomic E-state index is -3.71. The molecule has 110 valence electrons. The molecule has 20 heavy (non-hydrogen) atoms. The highest BCUT2D eigenvalue weighted by Crippen LogP contribution is 2.26. The second kappa shape index (κ2) is 5.87. The third kappa shape index (κ3) is 3.24. The molecule has 0 aliphatic carbocycles. The number of nitrogens with two attached hydrogens (primary N) is 1. The Bertz CT molecular complexity index is 608. The molecule has 1 saturated heterocycles. The highest BCUT2D eigenvalue weighted by molar-refractivity contribution is 7.86. The van der Waals surface area contributed by atoms with E-state index in [-0.39, 0.29) is 47.7 Å². The minimum Gasteiger partial charge on any atom is -0.336 e. The lowest BCUT2D eigenvalue weighted by Gasteiger charge is -2.33. The summed E-state index contributed by atoms with van der Waals surface area (Å²) < 4.78 is 23.5. The van der Waals surface area contributed by atoms with E-state index in [1.165, 1.54) is 4.90 Å². The Morgan fingerprint density at radius 1 is 1.10 bits per heavy atom. The molecule has 0 spiro atoms. The molecule has 1 amide bonds. The molecule has 0 radical (unpaired) electrons. The van der Waals surface area contributed by atoms with Gasteiger partial charge in [-0.25, -0.2) is 5.14 Å². The third-order valence-electron chi connectivity index (χ3n) is 3.06. The van der Waals surface area contributed by atoms with Crippen LogP contribution in [0.2, 0.25) is 10.0 Å². The maximum absolute atomic E-state index is 12.4. The first-order chi connectivity index (χ1) is 9.30. The number of carbonyl (C=O) groups excluding carboxylic acids is 1. The summed E-state index contributed by atoms with van der Waals surface area (Å²) in [4.78, 5) is 13.9. The van der Waals surface area contributed by atoms with Gasteiger partial charge in [0.1, 0.15) is 0 Å². The van der Waals surface area contributed by atoms with E-state index in [9.17, 15) is 13.2 Å². The minimum absolute atomic E-state index is 0.159. The monoisotopic (exact) mass is 337 g/mol. The molecule has 0 bridgehead atoms. The van der Waals surface area contributed by atoms with Crippen molar-refractivity contribution in [3.8, 4) is 0 Å². The summed E-state index contributed by atoms with van der Waals surface area (Å²) in [6.07, 6.45) is 0. The number of piperazine rings is 1. The van der Waals surface area contributed by atoms with Crippen molar-refractivity contribution in [2.75, 3.05) is 26.2 Å². The topological polar surface area (TPSA) is 83.7 Å². The van der Waals surface area contributed by atoms with Gasteiger partial charge >= 0.3 is 0 Å². The van der Waals surface area contributed by atoms with Crippen LogP contribution >= 0.6 is 23.2 Å². The predicted octanol–water partition coefficient (Wildman–Crippen LogP) is 0.955. The Balaban J connectivity index is 2.13. The lowest BCUT2D eigenvalue weighted by atomic mass is 10.2. The Hall–Kier alpha value is -0.860. The number of rotatable bonds is 2. The number of halogens is 2. The highest BCUT2D eigenvalue weighted by Gasteiger charge is 2.28. The van der Waals surface area contributed by atoms with Crippen LogP contribution in [-0.2, 0) is 10.2 Å². The van der Waals surface area contributed by atoms with Crippen molar-refractivity contribution in [3.05, 3.63) is 33.8 Å². The van der Waals surface area contributed by atoms with Crippen LogP contribution in [0.1, 0.15) is 10.4 Å². The molecule has 9 heteroatoms. The zero-order chi connectivity index (χ0) is 14.9. The number of hydrogen-bond donors (Lipinski definition) is 1. The fourth-order valence-corrected chi connectivity index (χ4v) is 3.24. The van der Waals surface area contributed by atoms with Crippen molar-refractivity contribution in [2.24, 2.45) is 5.14 Å². The van der Waals surface area contributed by atoms with E-state index in [2.05, 4.69) is 0 Å². The van der Waals surface area contributed by atoms with Gasteiger partial charge in [0, 0.05) is 26.2 Å². The molecular weight excluding hydrogens is 325 g/mol. The average molecular weight is 338 g/mol. The predicted molar refractivity (Wildman–Crippen MR) is 77.0 cm³/mol. The standard InChI is InChI=1S/C11H13Cl2N3O3S/c12-8-2-1-3-9(13)10(8)11(17)15-4-6-16(7-5-15)20(14,18)19/h1-3H,4-7H2,(H2,14,18,19). The second-order valence-corrected chi connectivity index (χ2v) is 6.69. The Labute approximate surface area is 127 Å². The van der Waals surface area contributed by atoms with Crippen molar-refractivity contribution in [1.82, 2.24) is 9.21 Å². The van der Waals surface area contributed by atoms with E-state index >= 15 is 0 Å². The lowest BCUT2D eigenvalue weighted by Crippen LogP contribution is -2.52. The maximum Gasteiger partial charge on any atom is 0.277 e. The molecule has 1 aromatic rings. The van der Waals surface area contributed by atoms with Crippen molar-refractivity contribution in [2.45, 2.75) is 0 Å². The molecule has 0 atom stereocenters. The van der Waals surface area contributed by atoms with Crippen LogP contribution in [0.4, 0.5) is 0 Å². The van der Waals surface area contributed by atoms with Gasteiger partial charge in [0.2, 0.25) is 0 Å². The fraction of sp³-hybridized carbons (Fsp3) is 0.364. The molecular formula is C11H13Cl2N3O3S. The first-order valence-corrected chi connectivity index (χ1v) is 8.08. The number of carbonyl (C=O) groups is 1. The van der Waals surface area contributed by atoms with Gasteiger partial charge in [-0.2, -0.15) is 12.7 Å². The summed E-state index contributed by atoms with van der Waals surface area (Å²) in [5.41, 5.74) is 0.236. The largest absolute Gasteiger partial charge is 0.336 e. The number of amides is 1. The number of hydrogen-bond acceptors (Lipinski definition) is 3. The lowest BCUT2D eigenvalue weighted by molar-refractivity contribution is 0.0698. The summed E-state index contributed by atoms with van der Waals surface area (Å²) in [5, 5.41) is 5.59. The molecule has 2 N–H and O–H groups in total.